The summed E-state index contributed by atoms with van der Waals surface area (Å²) in [6.07, 6.45) is 1.16. The number of hydrogen-bond acceptors (Lipinski definition) is 3. The second kappa shape index (κ2) is 5.22. The van der Waals surface area contributed by atoms with Gasteiger partial charge >= 0.3 is 5.97 Å². The molecular weight excluding hydrogens is 227 g/mol. The summed E-state index contributed by atoms with van der Waals surface area (Å²) in [4.78, 5) is 10.3. The lowest BCUT2D eigenvalue weighted by Gasteiger charge is -2.16. The standard InChI is InChI=1S/C8H12Cl2N2O2/c1-8(2,3)12-11-4-5(9)6(10)7(13)14/h4,12H,1-3H3,(H,13,14)/b6-5-,11-4-. The minimum absolute atomic E-state index is 0.115. The highest BCUT2D eigenvalue weighted by molar-refractivity contribution is 6.51. The molecule has 14 heavy (non-hydrogen) atoms. The summed E-state index contributed by atoms with van der Waals surface area (Å²) in [6.45, 7) is 5.71. The quantitative estimate of drug-likeness (QED) is 0.450. The van der Waals surface area contributed by atoms with Crippen molar-refractivity contribution in [2.45, 2.75) is 26.3 Å². The second-order valence-corrected chi connectivity index (χ2v) is 4.37. The van der Waals surface area contributed by atoms with Gasteiger partial charge in [0.1, 0.15) is 5.03 Å². The summed E-state index contributed by atoms with van der Waals surface area (Å²) in [6, 6.07) is 0. The van der Waals surface area contributed by atoms with Crippen LogP contribution >= 0.6 is 23.2 Å². The zero-order valence-corrected chi connectivity index (χ0v) is 9.65. The van der Waals surface area contributed by atoms with Gasteiger partial charge in [-0.15, -0.1) is 0 Å². The molecule has 0 aromatic heterocycles. The Bertz CT molecular complexity index is 280. The van der Waals surface area contributed by atoms with Gasteiger partial charge in [-0.3, -0.25) is 0 Å². The number of rotatable bonds is 3. The maximum absolute atomic E-state index is 10.3. The SMILES string of the molecule is CC(C)(C)N/N=C\C(Cl)=C(\Cl)C(=O)O. The highest BCUT2D eigenvalue weighted by Gasteiger charge is 2.09. The monoisotopic (exact) mass is 238 g/mol. The molecule has 0 amide bonds. The largest absolute Gasteiger partial charge is 0.477 e. The Balaban J connectivity index is 4.40. The highest BCUT2D eigenvalue weighted by Crippen LogP contribution is 2.11. The second-order valence-electron chi connectivity index (χ2n) is 3.59. The fraction of sp³-hybridized carbons (Fsp3) is 0.500. The van der Waals surface area contributed by atoms with Gasteiger partial charge in [-0.1, -0.05) is 23.2 Å². The third kappa shape index (κ3) is 5.83. The Morgan fingerprint density at radius 1 is 1.43 bits per heavy atom. The first-order chi connectivity index (χ1) is 6.24. The van der Waals surface area contributed by atoms with Gasteiger partial charge in [0.05, 0.1) is 11.2 Å². The molecule has 0 saturated carbocycles. The number of aliphatic carboxylic acids is 1. The van der Waals surface area contributed by atoms with Crippen molar-refractivity contribution in [1.29, 1.82) is 0 Å². The Morgan fingerprint density at radius 3 is 2.29 bits per heavy atom. The lowest BCUT2D eigenvalue weighted by Crippen LogP contribution is -2.31. The molecule has 0 unspecified atom stereocenters. The molecule has 0 aromatic rings. The minimum atomic E-state index is -1.28. The Morgan fingerprint density at radius 2 is 1.93 bits per heavy atom. The van der Waals surface area contributed by atoms with Crippen molar-refractivity contribution in [2.75, 3.05) is 0 Å². The molecule has 0 aliphatic carbocycles. The molecule has 4 nitrogen and oxygen atoms in total. The normalized spacial score (nSPS) is 14.1. The summed E-state index contributed by atoms with van der Waals surface area (Å²) < 4.78 is 0. The van der Waals surface area contributed by atoms with Crippen molar-refractivity contribution < 1.29 is 9.90 Å². The predicted octanol–water partition coefficient (Wildman–Crippen LogP) is 2.13. The van der Waals surface area contributed by atoms with Crippen LogP contribution in [0.15, 0.2) is 15.2 Å². The van der Waals surface area contributed by atoms with Crippen LogP contribution in [0.3, 0.4) is 0 Å². The molecule has 0 heterocycles. The van der Waals surface area contributed by atoms with Crippen LogP contribution in [0.2, 0.25) is 0 Å². The van der Waals surface area contributed by atoms with E-state index in [1.807, 2.05) is 20.8 Å². The number of halogens is 2. The average molecular weight is 239 g/mol. The van der Waals surface area contributed by atoms with Crippen LogP contribution in [0, 0.1) is 0 Å². The lowest BCUT2D eigenvalue weighted by atomic mass is 10.1. The summed E-state index contributed by atoms with van der Waals surface area (Å²) in [5.74, 6) is -1.28. The van der Waals surface area contributed by atoms with Crippen LogP contribution in [0.25, 0.3) is 0 Å². The van der Waals surface area contributed by atoms with Gasteiger partial charge in [0.15, 0.2) is 0 Å². The summed E-state index contributed by atoms with van der Waals surface area (Å²) in [7, 11) is 0. The number of carboxylic acids is 1. The van der Waals surface area contributed by atoms with Gasteiger partial charge in [0.25, 0.3) is 0 Å². The van der Waals surface area contributed by atoms with Crippen LogP contribution in [0.5, 0.6) is 0 Å². The smallest absolute Gasteiger partial charge is 0.348 e. The molecule has 6 heteroatoms. The molecule has 80 valence electrons. The number of allylic oxidation sites excluding steroid dienone is 1. The molecule has 2 N–H and O–H groups in total. The van der Waals surface area contributed by atoms with E-state index in [-0.39, 0.29) is 10.6 Å². The van der Waals surface area contributed by atoms with Crippen molar-refractivity contribution >= 4 is 35.4 Å². The first-order valence-electron chi connectivity index (χ1n) is 3.83. The fourth-order valence-electron chi connectivity index (χ4n) is 0.441. The molecule has 0 spiro atoms. The molecular formula is C8H12Cl2N2O2. The molecule has 0 atom stereocenters. The van der Waals surface area contributed by atoms with Gasteiger partial charge in [-0.05, 0) is 20.8 Å². The number of hydrazone groups is 1. The van der Waals surface area contributed by atoms with E-state index in [0.717, 1.165) is 6.21 Å². The van der Waals surface area contributed by atoms with E-state index in [1.165, 1.54) is 0 Å². The summed E-state index contributed by atoms with van der Waals surface area (Å²) in [5, 5.41) is 11.6. The van der Waals surface area contributed by atoms with Crippen LogP contribution in [-0.2, 0) is 4.79 Å². The predicted molar refractivity (Wildman–Crippen MR) is 57.7 cm³/mol. The van der Waals surface area contributed by atoms with Gasteiger partial charge in [-0.25, -0.2) is 4.79 Å². The van der Waals surface area contributed by atoms with Crippen molar-refractivity contribution in [3.8, 4) is 0 Å². The molecule has 0 aromatic carbocycles. The van der Waals surface area contributed by atoms with Gasteiger partial charge in [0, 0.05) is 5.54 Å². The number of carboxylic acid groups (broad SMARTS) is 1. The van der Waals surface area contributed by atoms with Gasteiger partial charge in [-0.2, -0.15) is 5.10 Å². The van der Waals surface area contributed by atoms with Crippen molar-refractivity contribution in [3.05, 3.63) is 10.1 Å². The highest BCUT2D eigenvalue weighted by atomic mass is 35.5. The van der Waals surface area contributed by atoms with Crippen molar-refractivity contribution in [1.82, 2.24) is 5.43 Å². The molecule has 0 rings (SSSR count). The third-order valence-corrected chi connectivity index (χ3v) is 1.72. The topological polar surface area (TPSA) is 61.7 Å². The maximum Gasteiger partial charge on any atom is 0.348 e. The van der Waals surface area contributed by atoms with E-state index >= 15 is 0 Å². The zero-order chi connectivity index (χ0) is 11.4. The zero-order valence-electron chi connectivity index (χ0n) is 8.14. The summed E-state index contributed by atoms with van der Waals surface area (Å²) >= 11 is 10.9. The maximum atomic E-state index is 10.3. The molecule has 0 radical (unpaired) electrons. The lowest BCUT2D eigenvalue weighted by molar-refractivity contribution is -0.131. The molecule has 0 fully saturated rings. The van der Waals surface area contributed by atoms with Crippen LogP contribution in [-0.4, -0.2) is 22.8 Å². The minimum Gasteiger partial charge on any atom is -0.477 e. The molecule has 0 aliphatic rings. The van der Waals surface area contributed by atoms with Crippen LogP contribution < -0.4 is 5.43 Å². The van der Waals surface area contributed by atoms with E-state index in [2.05, 4.69) is 10.5 Å². The van der Waals surface area contributed by atoms with Crippen LogP contribution in [0.4, 0.5) is 0 Å². The third-order valence-electron chi connectivity index (χ3n) is 0.975. The fourth-order valence-corrected chi connectivity index (χ4v) is 0.620. The molecule has 0 saturated heterocycles. The molecule has 0 bridgehead atoms. The Kier molecular flexibility index (Phi) is 4.94. The van der Waals surface area contributed by atoms with E-state index in [0.29, 0.717) is 0 Å². The first-order valence-corrected chi connectivity index (χ1v) is 4.58. The number of hydrogen-bond donors (Lipinski definition) is 2. The van der Waals surface area contributed by atoms with Gasteiger partial charge < -0.3 is 10.5 Å². The summed E-state index contributed by atoms with van der Waals surface area (Å²) in [5.41, 5.74) is 2.54. The van der Waals surface area contributed by atoms with Crippen LogP contribution in [0.1, 0.15) is 20.8 Å². The Labute approximate surface area is 92.6 Å². The Hall–Kier alpha value is -0.740. The first kappa shape index (κ1) is 13.3. The van der Waals surface area contributed by atoms with E-state index in [1.54, 1.807) is 0 Å². The van der Waals surface area contributed by atoms with Crippen molar-refractivity contribution in [3.63, 3.8) is 0 Å². The number of nitrogens with one attached hydrogen (secondary N) is 1. The van der Waals surface area contributed by atoms with E-state index in [4.69, 9.17) is 28.3 Å². The van der Waals surface area contributed by atoms with E-state index in [9.17, 15) is 4.79 Å². The van der Waals surface area contributed by atoms with Crippen molar-refractivity contribution in [2.24, 2.45) is 5.10 Å². The van der Waals surface area contributed by atoms with E-state index < -0.39 is 11.0 Å². The number of carbonyl (C=O) groups is 1. The average Bonchev–Trinajstić information content (AvgIpc) is 2.00. The number of nitrogens with zero attached hydrogens (tertiary/aromatic N) is 1. The van der Waals surface area contributed by atoms with Gasteiger partial charge in [0.2, 0.25) is 0 Å². The molecule has 0 aliphatic heterocycles.